The first-order valence-electron chi connectivity index (χ1n) is 6.32. The average molecular weight is 234 g/mol. The number of hydrogen-bond acceptors (Lipinski definition) is 2. The highest BCUT2D eigenvalue weighted by Crippen LogP contribution is 2.17. The van der Waals surface area contributed by atoms with Gasteiger partial charge in [0.25, 0.3) is 0 Å². The van der Waals surface area contributed by atoms with Gasteiger partial charge in [-0.3, -0.25) is 0 Å². The molecule has 17 heavy (non-hydrogen) atoms. The Morgan fingerprint density at radius 1 is 1.12 bits per heavy atom. The van der Waals surface area contributed by atoms with Crippen LogP contribution in [-0.4, -0.2) is 25.5 Å². The molecule has 2 nitrogen and oxygen atoms in total. The number of hydrogen-bond donors (Lipinski definition) is 1. The predicted octanol–water partition coefficient (Wildman–Crippen LogP) is 2.88. The van der Waals surface area contributed by atoms with Gasteiger partial charge in [-0.25, -0.2) is 0 Å². The van der Waals surface area contributed by atoms with Crippen molar-refractivity contribution in [1.82, 2.24) is 10.2 Å². The summed E-state index contributed by atoms with van der Waals surface area (Å²) in [6.45, 7) is 9.92. The van der Waals surface area contributed by atoms with Crippen molar-refractivity contribution in [2.75, 3.05) is 20.6 Å². The first kappa shape index (κ1) is 14.2. The fraction of sp³-hybridized carbons (Fsp3) is 0.600. The highest BCUT2D eigenvalue weighted by Gasteiger charge is 2.14. The Morgan fingerprint density at radius 3 is 2.24 bits per heavy atom. The van der Waals surface area contributed by atoms with Crippen LogP contribution in [-0.2, 0) is 13.1 Å². The van der Waals surface area contributed by atoms with Gasteiger partial charge < -0.3 is 10.2 Å². The van der Waals surface area contributed by atoms with Gasteiger partial charge in [-0.05, 0) is 30.6 Å². The minimum Gasteiger partial charge on any atom is -0.316 e. The Bertz CT molecular complexity index is 339. The van der Waals surface area contributed by atoms with Gasteiger partial charge in [0, 0.05) is 19.6 Å². The second-order valence-electron chi connectivity index (χ2n) is 6.03. The van der Waals surface area contributed by atoms with Crippen LogP contribution < -0.4 is 5.32 Å². The van der Waals surface area contributed by atoms with Crippen LogP contribution in [0.3, 0.4) is 0 Å². The largest absolute Gasteiger partial charge is 0.316 e. The van der Waals surface area contributed by atoms with E-state index in [1.54, 1.807) is 0 Å². The molecule has 0 aliphatic rings. The Balaban J connectivity index is 2.67. The van der Waals surface area contributed by atoms with Crippen LogP contribution in [0.1, 0.15) is 31.9 Å². The van der Waals surface area contributed by atoms with Crippen LogP contribution in [0.4, 0.5) is 0 Å². The van der Waals surface area contributed by atoms with E-state index in [1.807, 2.05) is 7.05 Å². The van der Waals surface area contributed by atoms with Crippen molar-refractivity contribution in [3.63, 3.8) is 0 Å². The predicted molar refractivity (Wildman–Crippen MR) is 75.0 cm³/mol. The van der Waals surface area contributed by atoms with Crippen LogP contribution in [0.15, 0.2) is 24.3 Å². The Labute approximate surface area is 106 Å². The fourth-order valence-corrected chi connectivity index (χ4v) is 2.23. The average Bonchev–Trinajstić information content (AvgIpc) is 2.18. The molecule has 0 aromatic heterocycles. The Hall–Kier alpha value is -0.860. The molecular weight excluding hydrogens is 208 g/mol. The molecule has 1 N–H and O–H groups in total. The third-order valence-electron chi connectivity index (χ3n) is 2.67. The van der Waals surface area contributed by atoms with Gasteiger partial charge in [-0.15, -0.1) is 0 Å². The van der Waals surface area contributed by atoms with Gasteiger partial charge in [-0.1, -0.05) is 45.0 Å². The van der Waals surface area contributed by atoms with Crippen molar-refractivity contribution in [3.8, 4) is 0 Å². The topological polar surface area (TPSA) is 15.3 Å². The Morgan fingerprint density at radius 2 is 1.71 bits per heavy atom. The molecule has 0 saturated heterocycles. The van der Waals surface area contributed by atoms with Gasteiger partial charge in [0.1, 0.15) is 0 Å². The van der Waals surface area contributed by atoms with E-state index in [9.17, 15) is 0 Å². The smallest absolute Gasteiger partial charge is 0.0234 e. The summed E-state index contributed by atoms with van der Waals surface area (Å²) in [5, 5.41) is 3.23. The van der Waals surface area contributed by atoms with E-state index in [0.29, 0.717) is 5.41 Å². The summed E-state index contributed by atoms with van der Waals surface area (Å²) in [4.78, 5) is 2.40. The number of nitrogens with zero attached hydrogens (tertiary/aromatic N) is 1. The third kappa shape index (κ3) is 5.33. The zero-order chi connectivity index (χ0) is 12.9. The fourth-order valence-electron chi connectivity index (χ4n) is 2.23. The van der Waals surface area contributed by atoms with Gasteiger partial charge in [0.05, 0.1) is 0 Å². The molecule has 1 aromatic carbocycles. The van der Waals surface area contributed by atoms with Crippen molar-refractivity contribution in [1.29, 1.82) is 0 Å². The standard InChI is InChI=1S/C15H26N2/c1-15(2,3)12-17(5)11-14-9-7-6-8-13(14)10-16-4/h6-9,16H,10-12H2,1-5H3. The van der Waals surface area contributed by atoms with Crippen LogP contribution in [0, 0.1) is 5.41 Å². The lowest BCUT2D eigenvalue weighted by Gasteiger charge is -2.27. The van der Waals surface area contributed by atoms with Crippen molar-refractivity contribution >= 4 is 0 Å². The molecule has 0 aliphatic carbocycles. The molecule has 0 spiro atoms. The summed E-state index contributed by atoms with van der Waals surface area (Å²) in [7, 11) is 4.19. The third-order valence-corrected chi connectivity index (χ3v) is 2.67. The number of nitrogens with one attached hydrogen (secondary N) is 1. The van der Waals surface area contributed by atoms with Gasteiger partial charge >= 0.3 is 0 Å². The molecule has 0 amide bonds. The molecule has 1 aromatic rings. The lowest BCUT2D eigenvalue weighted by atomic mass is 9.96. The lowest BCUT2D eigenvalue weighted by Crippen LogP contribution is -2.29. The second-order valence-corrected chi connectivity index (χ2v) is 6.03. The van der Waals surface area contributed by atoms with Gasteiger partial charge in [0.2, 0.25) is 0 Å². The molecule has 0 aliphatic heterocycles. The maximum atomic E-state index is 3.23. The molecule has 0 radical (unpaired) electrons. The van der Waals surface area contributed by atoms with E-state index < -0.39 is 0 Å². The van der Waals surface area contributed by atoms with E-state index in [2.05, 4.69) is 62.3 Å². The summed E-state index contributed by atoms with van der Waals surface area (Å²) < 4.78 is 0. The molecule has 0 heterocycles. The normalized spacial score (nSPS) is 12.1. The second kappa shape index (κ2) is 6.18. The van der Waals surface area contributed by atoms with E-state index in [0.717, 1.165) is 19.6 Å². The number of rotatable bonds is 5. The molecule has 96 valence electrons. The lowest BCUT2D eigenvalue weighted by molar-refractivity contribution is 0.220. The molecule has 0 unspecified atom stereocenters. The van der Waals surface area contributed by atoms with Gasteiger partial charge in [0.15, 0.2) is 0 Å². The molecule has 2 heteroatoms. The van der Waals surface area contributed by atoms with Crippen LogP contribution in [0.25, 0.3) is 0 Å². The zero-order valence-electron chi connectivity index (χ0n) is 11.9. The first-order chi connectivity index (χ1) is 7.92. The summed E-state index contributed by atoms with van der Waals surface area (Å²) in [5.74, 6) is 0. The molecular formula is C15H26N2. The van der Waals surface area contributed by atoms with Crippen LogP contribution in [0.2, 0.25) is 0 Å². The Kier molecular flexibility index (Phi) is 5.16. The van der Waals surface area contributed by atoms with Crippen molar-refractivity contribution in [2.45, 2.75) is 33.9 Å². The number of benzene rings is 1. The van der Waals surface area contributed by atoms with Crippen molar-refractivity contribution < 1.29 is 0 Å². The highest BCUT2D eigenvalue weighted by molar-refractivity contribution is 5.26. The SMILES string of the molecule is CNCc1ccccc1CN(C)CC(C)(C)C. The maximum Gasteiger partial charge on any atom is 0.0234 e. The minimum atomic E-state index is 0.354. The molecule has 0 atom stereocenters. The zero-order valence-corrected chi connectivity index (χ0v) is 11.9. The van der Waals surface area contributed by atoms with Crippen molar-refractivity contribution in [2.24, 2.45) is 5.41 Å². The first-order valence-corrected chi connectivity index (χ1v) is 6.32. The summed E-state index contributed by atoms with van der Waals surface area (Å²) in [6.07, 6.45) is 0. The van der Waals surface area contributed by atoms with Gasteiger partial charge in [-0.2, -0.15) is 0 Å². The van der Waals surface area contributed by atoms with Crippen LogP contribution >= 0.6 is 0 Å². The molecule has 0 saturated carbocycles. The van der Waals surface area contributed by atoms with Crippen LogP contribution in [0.5, 0.6) is 0 Å². The summed E-state index contributed by atoms with van der Waals surface area (Å²) >= 11 is 0. The summed E-state index contributed by atoms with van der Waals surface area (Å²) in [5.41, 5.74) is 3.18. The molecule has 0 fully saturated rings. The summed E-state index contributed by atoms with van der Waals surface area (Å²) in [6, 6.07) is 8.67. The van der Waals surface area contributed by atoms with E-state index in [-0.39, 0.29) is 0 Å². The van der Waals surface area contributed by atoms with E-state index in [4.69, 9.17) is 0 Å². The highest BCUT2D eigenvalue weighted by atomic mass is 15.1. The minimum absolute atomic E-state index is 0.354. The van der Waals surface area contributed by atoms with Crippen molar-refractivity contribution in [3.05, 3.63) is 35.4 Å². The quantitative estimate of drug-likeness (QED) is 0.843. The van der Waals surface area contributed by atoms with E-state index >= 15 is 0 Å². The molecule has 1 rings (SSSR count). The molecule has 0 bridgehead atoms. The monoisotopic (exact) mass is 234 g/mol. The maximum absolute atomic E-state index is 3.23. The van der Waals surface area contributed by atoms with E-state index in [1.165, 1.54) is 11.1 Å².